The highest BCUT2D eigenvalue weighted by molar-refractivity contribution is 5.99. The minimum atomic E-state index is -0.653. The van der Waals surface area contributed by atoms with Gasteiger partial charge in [0, 0.05) is 11.8 Å². The summed E-state index contributed by atoms with van der Waals surface area (Å²) in [5.74, 6) is 0.136. The first-order valence-electron chi connectivity index (χ1n) is 8.16. The van der Waals surface area contributed by atoms with Crippen molar-refractivity contribution in [2.75, 3.05) is 11.9 Å². The van der Waals surface area contributed by atoms with Gasteiger partial charge in [0.05, 0.1) is 6.61 Å². The Bertz CT molecular complexity index is 724. The first kappa shape index (κ1) is 18.3. The van der Waals surface area contributed by atoms with Crippen molar-refractivity contribution in [3.63, 3.8) is 0 Å². The van der Waals surface area contributed by atoms with Crippen molar-refractivity contribution < 1.29 is 14.3 Å². The van der Waals surface area contributed by atoms with Crippen molar-refractivity contribution in [1.82, 2.24) is 5.32 Å². The predicted octanol–water partition coefficient (Wildman–Crippen LogP) is 3.24. The zero-order chi connectivity index (χ0) is 18.1. The van der Waals surface area contributed by atoms with E-state index in [2.05, 4.69) is 10.6 Å². The van der Waals surface area contributed by atoms with E-state index in [4.69, 9.17) is 4.74 Å². The van der Waals surface area contributed by atoms with Crippen LogP contribution < -0.4 is 15.4 Å². The number of carbonyl (C=O) groups is 2. The molecule has 2 rings (SSSR count). The minimum absolute atomic E-state index is 0.286. The highest BCUT2D eigenvalue weighted by atomic mass is 16.5. The third-order valence-electron chi connectivity index (χ3n) is 3.41. The Kier molecular flexibility index (Phi) is 6.77. The SMILES string of the molecule is CCOc1ccc(NC(=O)[C@H](C)NC(=O)/C=C/c2ccccc2)cc1. The predicted molar refractivity (Wildman–Crippen MR) is 99.3 cm³/mol. The normalized spacial score (nSPS) is 11.8. The molecule has 2 N–H and O–H groups in total. The molecule has 5 nitrogen and oxygen atoms in total. The van der Waals surface area contributed by atoms with Gasteiger partial charge in [-0.05, 0) is 49.8 Å². The summed E-state index contributed by atoms with van der Waals surface area (Å²) in [5, 5.41) is 5.40. The molecule has 0 heterocycles. The molecular weight excluding hydrogens is 316 g/mol. The second-order valence-electron chi connectivity index (χ2n) is 5.42. The van der Waals surface area contributed by atoms with Crippen molar-refractivity contribution in [2.45, 2.75) is 19.9 Å². The molecule has 0 spiro atoms. The molecular formula is C20H22N2O3. The molecule has 130 valence electrons. The summed E-state index contributed by atoms with van der Waals surface area (Å²) in [6, 6.07) is 15.9. The van der Waals surface area contributed by atoms with Crippen molar-refractivity contribution in [3.05, 3.63) is 66.2 Å². The molecule has 1 atom stereocenters. The first-order chi connectivity index (χ1) is 12.1. The van der Waals surface area contributed by atoms with Gasteiger partial charge in [-0.3, -0.25) is 9.59 Å². The summed E-state index contributed by atoms with van der Waals surface area (Å²) in [6.45, 7) is 4.13. The van der Waals surface area contributed by atoms with Crippen LogP contribution in [-0.2, 0) is 9.59 Å². The Balaban J connectivity index is 1.84. The third-order valence-corrected chi connectivity index (χ3v) is 3.41. The van der Waals surface area contributed by atoms with Crippen LogP contribution in [0.3, 0.4) is 0 Å². The van der Waals surface area contributed by atoms with Gasteiger partial charge in [-0.15, -0.1) is 0 Å². The maximum Gasteiger partial charge on any atom is 0.246 e. The Labute approximate surface area is 147 Å². The number of hydrogen-bond donors (Lipinski definition) is 2. The number of anilines is 1. The molecule has 0 aliphatic rings. The summed E-state index contributed by atoms with van der Waals surface area (Å²) in [7, 11) is 0. The summed E-state index contributed by atoms with van der Waals surface area (Å²) in [4.78, 5) is 24.1. The zero-order valence-corrected chi connectivity index (χ0v) is 14.4. The fourth-order valence-electron chi connectivity index (χ4n) is 2.11. The van der Waals surface area contributed by atoms with E-state index in [1.54, 1.807) is 37.3 Å². The van der Waals surface area contributed by atoms with Gasteiger partial charge >= 0.3 is 0 Å². The Morgan fingerprint density at radius 3 is 2.40 bits per heavy atom. The van der Waals surface area contributed by atoms with Crippen LogP contribution in [0.5, 0.6) is 5.75 Å². The third kappa shape index (κ3) is 6.14. The van der Waals surface area contributed by atoms with Crippen LogP contribution in [-0.4, -0.2) is 24.5 Å². The van der Waals surface area contributed by atoms with Crippen LogP contribution in [0.1, 0.15) is 19.4 Å². The van der Waals surface area contributed by atoms with Crippen LogP contribution >= 0.6 is 0 Å². The van der Waals surface area contributed by atoms with Gasteiger partial charge in [0.1, 0.15) is 11.8 Å². The maximum atomic E-state index is 12.2. The van der Waals surface area contributed by atoms with E-state index in [1.165, 1.54) is 6.08 Å². The number of nitrogens with one attached hydrogen (secondary N) is 2. The fourth-order valence-corrected chi connectivity index (χ4v) is 2.11. The van der Waals surface area contributed by atoms with E-state index >= 15 is 0 Å². The van der Waals surface area contributed by atoms with Gasteiger partial charge < -0.3 is 15.4 Å². The molecule has 0 radical (unpaired) electrons. The van der Waals surface area contributed by atoms with Gasteiger partial charge in [0.2, 0.25) is 11.8 Å². The average Bonchev–Trinajstić information content (AvgIpc) is 2.62. The van der Waals surface area contributed by atoms with Gasteiger partial charge in [-0.1, -0.05) is 30.3 Å². The van der Waals surface area contributed by atoms with E-state index < -0.39 is 6.04 Å². The van der Waals surface area contributed by atoms with Crippen molar-refractivity contribution in [3.8, 4) is 5.75 Å². The molecule has 2 amide bonds. The quantitative estimate of drug-likeness (QED) is 0.762. The lowest BCUT2D eigenvalue weighted by Gasteiger charge is -2.13. The highest BCUT2D eigenvalue weighted by Crippen LogP contribution is 2.15. The second-order valence-corrected chi connectivity index (χ2v) is 5.42. The number of ether oxygens (including phenoxy) is 1. The Hall–Kier alpha value is -3.08. The van der Waals surface area contributed by atoms with E-state index in [0.717, 1.165) is 11.3 Å². The van der Waals surface area contributed by atoms with E-state index in [9.17, 15) is 9.59 Å². The first-order valence-corrected chi connectivity index (χ1v) is 8.16. The van der Waals surface area contributed by atoms with Gasteiger partial charge in [0.25, 0.3) is 0 Å². The number of carbonyl (C=O) groups excluding carboxylic acids is 2. The van der Waals surface area contributed by atoms with Crippen molar-refractivity contribution in [2.24, 2.45) is 0 Å². The van der Waals surface area contributed by atoms with E-state index in [-0.39, 0.29) is 11.8 Å². The van der Waals surface area contributed by atoms with Crippen LogP contribution in [0.15, 0.2) is 60.7 Å². The van der Waals surface area contributed by atoms with Crippen LogP contribution in [0.2, 0.25) is 0 Å². The van der Waals surface area contributed by atoms with Crippen LogP contribution in [0.25, 0.3) is 6.08 Å². The molecule has 0 aliphatic carbocycles. The molecule has 0 aromatic heterocycles. The fraction of sp³-hybridized carbons (Fsp3) is 0.200. The van der Waals surface area contributed by atoms with E-state index in [1.807, 2.05) is 37.3 Å². The number of amides is 2. The number of rotatable bonds is 7. The topological polar surface area (TPSA) is 67.4 Å². The molecule has 2 aromatic carbocycles. The van der Waals surface area contributed by atoms with Crippen LogP contribution in [0, 0.1) is 0 Å². The molecule has 0 unspecified atom stereocenters. The second kappa shape index (κ2) is 9.27. The average molecular weight is 338 g/mol. The molecule has 0 saturated heterocycles. The monoisotopic (exact) mass is 338 g/mol. The molecule has 5 heteroatoms. The Morgan fingerprint density at radius 1 is 1.08 bits per heavy atom. The van der Waals surface area contributed by atoms with Gasteiger partial charge in [-0.2, -0.15) is 0 Å². The standard InChI is InChI=1S/C20H22N2O3/c1-3-25-18-12-10-17(11-13-18)22-20(24)15(2)21-19(23)14-9-16-7-5-4-6-8-16/h4-15H,3H2,1-2H3,(H,21,23)(H,22,24)/b14-9+/t15-/m0/s1. The van der Waals surface area contributed by atoms with Crippen molar-refractivity contribution >= 4 is 23.6 Å². The molecule has 0 fully saturated rings. The van der Waals surface area contributed by atoms with Gasteiger partial charge in [-0.25, -0.2) is 0 Å². The highest BCUT2D eigenvalue weighted by Gasteiger charge is 2.14. The lowest BCUT2D eigenvalue weighted by molar-refractivity contribution is -0.123. The Morgan fingerprint density at radius 2 is 1.76 bits per heavy atom. The smallest absolute Gasteiger partial charge is 0.246 e. The van der Waals surface area contributed by atoms with Crippen LogP contribution in [0.4, 0.5) is 5.69 Å². The summed E-state index contributed by atoms with van der Waals surface area (Å²) < 4.78 is 5.35. The zero-order valence-electron chi connectivity index (χ0n) is 14.4. The van der Waals surface area contributed by atoms with Crippen molar-refractivity contribution in [1.29, 1.82) is 0 Å². The largest absolute Gasteiger partial charge is 0.494 e. The molecule has 0 bridgehead atoms. The van der Waals surface area contributed by atoms with E-state index in [0.29, 0.717) is 12.3 Å². The number of hydrogen-bond acceptors (Lipinski definition) is 3. The number of benzene rings is 2. The minimum Gasteiger partial charge on any atom is -0.494 e. The summed E-state index contributed by atoms with van der Waals surface area (Å²) >= 11 is 0. The summed E-state index contributed by atoms with van der Waals surface area (Å²) in [6.07, 6.45) is 3.11. The van der Waals surface area contributed by atoms with Gasteiger partial charge in [0.15, 0.2) is 0 Å². The molecule has 0 aliphatic heterocycles. The molecule has 2 aromatic rings. The maximum absolute atomic E-state index is 12.2. The lowest BCUT2D eigenvalue weighted by atomic mass is 10.2. The summed E-state index contributed by atoms with van der Waals surface area (Å²) in [5.41, 5.74) is 1.57. The molecule has 25 heavy (non-hydrogen) atoms. The molecule has 0 saturated carbocycles. The lowest BCUT2D eigenvalue weighted by Crippen LogP contribution is -2.40.